The molecule has 0 aliphatic heterocycles. The summed E-state index contributed by atoms with van der Waals surface area (Å²) in [4.78, 5) is 17.2. The zero-order valence-electron chi connectivity index (χ0n) is 19.0. The fraction of sp³-hybridized carbons (Fsp3) is 0.192. The van der Waals surface area contributed by atoms with Crippen LogP contribution in [0.4, 0.5) is 5.69 Å². The summed E-state index contributed by atoms with van der Waals surface area (Å²) >= 11 is 11.4. The van der Waals surface area contributed by atoms with Gasteiger partial charge in [-0.25, -0.2) is 4.98 Å². The SMILES string of the molecule is CC[C@H](C)c1ccc2oc(-c3cccc(NC(=S)NC(=O)c4ccc(OC)c(Cl)c4)c3)nc2c1. The number of benzene rings is 3. The van der Waals surface area contributed by atoms with Gasteiger partial charge in [0.2, 0.25) is 5.89 Å². The minimum Gasteiger partial charge on any atom is -0.495 e. The molecule has 0 bridgehead atoms. The average molecular weight is 494 g/mol. The van der Waals surface area contributed by atoms with Gasteiger partial charge in [0, 0.05) is 16.8 Å². The molecule has 1 atom stereocenters. The molecule has 0 aliphatic carbocycles. The van der Waals surface area contributed by atoms with E-state index in [-0.39, 0.29) is 11.0 Å². The molecule has 1 aromatic heterocycles. The molecule has 0 aliphatic rings. The maximum atomic E-state index is 12.5. The fourth-order valence-corrected chi connectivity index (χ4v) is 3.95. The van der Waals surface area contributed by atoms with Gasteiger partial charge < -0.3 is 14.5 Å². The Kier molecular flexibility index (Phi) is 7.14. The first-order chi connectivity index (χ1) is 16.4. The quantitative estimate of drug-likeness (QED) is 0.288. The third-order valence-corrected chi connectivity index (χ3v) is 6.10. The molecule has 4 rings (SSSR count). The molecule has 4 aromatic rings. The molecule has 0 spiro atoms. The molecular weight excluding hydrogens is 470 g/mol. The van der Waals surface area contributed by atoms with Gasteiger partial charge in [0.1, 0.15) is 11.3 Å². The Hall–Kier alpha value is -3.42. The van der Waals surface area contributed by atoms with Crippen LogP contribution in [-0.2, 0) is 0 Å². The van der Waals surface area contributed by atoms with Crippen LogP contribution in [-0.4, -0.2) is 23.1 Å². The number of aromatic nitrogens is 1. The summed E-state index contributed by atoms with van der Waals surface area (Å²) in [6.45, 7) is 4.36. The maximum absolute atomic E-state index is 12.5. The van der Waals surface area contributed by atoms with Crippen molar-refractivity contribution < 1.29 is 13.9 Å². The first-order valence-electron chi connectivity index (χ1n) is 10.8. The number of hydrogen-bond donors (Lipinski definition) is 2. The molecule has 34 heavy (non-hydrogen) atoms. The van der Waals surface area contributed by atoms with Gasteiger partial charge in [0.05, 0.1) is 12.1 Å². The van der Waals surface area contributed by atoms with Crippen LogP contribution in [0.5, 0.6) is 5.75 Å². The van der Waals surface area contributed by atoms with Gasteiger partial charge in [-0.3, -0.25) is 10.1 Å². The molecule has 0 saturated carbocycles. The van der Waals surface area contributed by atoms with Crippen molar-refractivity contribution in [2.75, 3.05) is 12.4 Å². The molecule has 0 unspecified atom stereocenters. The van der Waals surface area contributed by atoms with Crippen LogP contribution in [0, 0.1) is 0 Å². The third kappa shape index (κ3) is 5.21. The number of ether oxygens (including phenoxy) is 1. The van der Waals surface area contributed by atoms with Crippen LogP contribution < -0.4 is 15.4 Å². The highest BCUT2D eigenvalue weighted by molar-refractivity contribution is 7.80. The van der Waals surface area contributed by atoms with Crippen molar-refractivity contribution in [3.05, 3.63) is 76.8 Å². The van der Waals surface area contributed by atoms with Crippen molar-refractivity contribution in [2.45, 2.75) is 26.2 Å². The smallest absolute Gasteiger partial charge is 0.257 e. The highest BCUT2D eigenvalue weighted by Gasteiger charge is 2.13. The molecule has 1 heterocycles. The molecule has 0 saturated heterocycles. The lowest BCUT2D eigenvalue weighted by Gasteiger charge is -2.11. The maximum Gasteiger partial charge on any atom is 0.257 e. The number of oxazole rings is 1. The Morgan fingerprint density at radius 2 is 2.00 bits per heavy atom. The van der Waals surface area contributed by atoms with Gasteiger partial charge in [0.15, 0.2) is 10.7 Å². The summed E-state index contributed by atoms with van der Waals surface area (Å²) in [5, 5.41) is 6.18. The van der Waals surface area contributed by atoms with Gasteiger partial charge >= 0.3 is 0 Å². The largest absolute Gasteiger partial charge is 0.495 e. The summed E-state index contributed by atoms with van der Waals surface area (Å²) < 4.78 is 11.1. The Labute approximate surface area is 208 Å². The number of anilines is 1. The van der Waals surface area contributed by atoms with Crippen LogP contribution in [0.25, 0.3) is 22.6 Å². The van der Waals surface area contributed by atoms with E-state index in [9.17, 15) is 4.79 Å². The lowest BCUT2D eigenvalue weighted by atomic mass is 9.98. The first kappa shape index (κ1) is 23.7. The zero-order chi connectivity index (χ0) is 24.2. The highest BCUT2D eigenvalue weighted by Crippen LogP contribution is 2.29. The third-order valence-electron chi connectivity index (χ3n) is 5.60. The molecule has 8 heteroatoms. The lowest BCUT2D eigenvalue weighted by Crippen LogP contribution is -2.34. The van der Waals surface area contributed by atoms with Gasteiger partial charge in [-0.2, -0.15) is 0 Å². The number of carbonyl (C=O) groups is 1. The van der Waals surface area contributed by atoms with Crippen molar-refractivity contribution in [3.63, 3.8) is 0 Å². The molecule has 0 radical (unpaired) electrons. The summed E-state index contributed by atoms with van der Waals surface area (Å²) in [7, 11) is 1.51. The lowest BCUT2D eigenvalue weighted by molar-refractivity contribution is 0.0977. The second-order valence-corrected chi connectivity index (χ2v) is 8.71. The number of amides is 1. The monoisotopic (exact) mass is 493 g/mol. The van der Waals surface area contributed by atoms with Crippen molar-refractivity contribution in [1.29, 1.82) is 0 Å². The second-order valence-electron chi connectivity index (χ2n) is 7.89. The number of nitrogens with one attached hydrogen (secondary N) is 2. The van der Waals surface area contributed by atoms with E-state index < -0.39 is 0 Å². The molecular formula is C26H24ClN3O3S. The van der Waals surface area contributed by atoms with E-state index in [0.29, 0.717) is 33.8 Å². The van der Waals surface area contributed by atoms with Crippen LogP contribution in [0.1, 0.15) is 42.1 Å². The highest BCUT2D eigenvalue weighted by atomic mass is 35.5. The van der Waals surface area contributed by atoms with E-state index in [1.54, 1.807) is 12.1 Å². The number of thiocarbonyl (C=S) groups is 1. The predicted octanol–water partition coefficient (Wildman–Crippen LogP) is 6.80. The fourth-order valence-electron chi connectivity index (χ4n) is 3.49. The second kappa shape index (κ2) is 10.2. The van der Waals surface area contributed by atoms with Crippen LogP contribution in [0.3, 0.4) is 0 Å². The predicted molar refractivity (Wildman–Crippen MR) is 140 cm³/mol. The Morgan fingerprint density at radius 1 is 1.18 bits per heavy atom. The molecule has 1 amide bonds. The number of methoxy groups -OCH3 is 1. The molecule has 6 nitrogen and oxygen atoms in total. The van der Waals surface area contributed by atoms with Crippen LogP contribution >= 0.6 is 23.8 Å². The summed E-state index contributed by atoms with van der Waals surface area (Å²) in [6, 6.07) is 18.4. The van der Waals surface area contributed by atoms with Gasteiger partial charge in [-0.1, -0.05) is 37.6 Å². The number of rotatable bonds is 6. The summed E-state index contributed by atoms with van der Waals surface area (Å²) in [6.07, 6.45) is 1.06. The van der Waals surface area contributed by atoms with E-state index in [1.807, 2.05) is 30.3 Å². The van der Waals surface area contributed by atoms with E-state index >= 15 is 0 Å². The van der Waals surface area contributed by atoms with E-state index in [4.69, 9.17) is 33.0 Å². The van der Waals surface area contributed by atoms with Gasteiger partial charge in [-0.05, 0) is 78.7 Å². The number of fused-ring (bicyclic) bond motifs is 1. The van der Waals surface area contributed by atoms with Crippen LogP contribution in [0.2, 0.25) is 5.02 Å². The standard InChI is InChI=1S/C26H24ClN3O3S/c1-4-15(2)16-8-11-23-21(14-16)29-25(33-23)18-6-5-7-19(12-18)28-26(34)30-24(31)17-9-10-22(32-3)20(27)13-17/h5-15H,4H2,1-3H3,(H2,28,30,31,34)/t15-/m0/s1. The van der Waals surface area contributed by atoms with E-state index in [2.05, 4.69) is 41.6 Å². The number of carbonyl (C=O) groups excluding carboxylic acids is 1. The van der Waals surface area contributed by atoms with Gasteiger partial charge in [-0.15, -0.1) is 0 Å². The Morgan fingerprint density at radius 3 is 2.74 bits per heavy atom. The van der Waals surface area contributed by atoms with Crippen molar-refractivity contribution in [1.82, 2.24) is 10.3 Å². The number of halogens is 1. The number of hydrogen-bond acceptors (Lipinski definition) is 5. The molecule has 174 valence electrons. The Bertz CT molecular complexity index is 1370. The molecule has 0 fully saturated rings. The summed E-state index contributed by atoms with van der Waals surface area (Å²) in [5.41, 5.74) is 4.66. The zero-order valence-corrected chi connectivity index (χ0v) is 20.6. The number of nitrogens with zero attached hydrogens (tertiary/aromatic N) is 1. The van der Waals surface area contributed by atoms with Crippen LogP contribution in [0.15, 0.2) is 65.1 Å². The molecule has 3 aromatic carbocycles. The minimum absolute atomic E-state index is 0.157. The van der Waals surface area contributed by atoms with Gasteiger partial charge in [0.25, 0.3) is 5.91 Å². The Balaban J connectivity index is 1.47. The summed E-state index contributed by atoms with van der Waals surface area (Å²) in [5.74, 6) is 1.09. The van der Waals surface area contributed by atoms with E-state index in [0.717, 1.165) is 23.1 Å². The first-order valence-corrected chi connectivity index (χ1v) is 11.6. The van der Waals surface area contributed by atoms with Crippen molar-refractivity contribution in [2.24, 2.45) is 0 Å². The van der Waals surface area contributed by atoms with Crippen molar-refractivity contribution in [3.8, 4) is 17.2 Å². The minimum atomic E-state index is -0.380. The molecule has 2 N–H and O–H groups in total. The topological polar surface area (TPSA) is 76.4 Å². The van der Waals surface area contributed by atoms with E-state index in [1.165, 1.54) is 18.7 Å². The average Bonchev–Trinajstić information content (AvgIpc) is 3.27. The van der Waals surface area contributed by atoms with Crippen molar-refractivity contribution >= 4 is 51.6 Å². The normalized spacial score (nSPS) is 11.8.